The Balaban J connectivity index is 1.66. The Morgan fingerprint density at radius 3 is 2.61 bits per heavy atom. The predicted molar refractivity (Wildman–Crippen MR) is 125 cm³/mol. The molecule has 9 nitrogen and oxygen atoms in total. The van der Waals surface area contributed by atoms with Gasteiger partial charge in [0, 0.05) is 36.3 Å². The number of para-hydroxylation sites is 1. The number of imidazole rings is 1. The Morgan fingerprint density at radius 1 is 1.03 bits per heavy atom. The van der Waals surface area contributed by atoms with Gasteiger partial charge in [0.05, 0.1) is 11.0 Å². The van der Waals surface area contributed by atoms with Crippen molar-refractivity contribution in [2.24, 2.45) is 7.05 Å². The van der Waals surface area contributed by atoms with E-state index in [4.69, 9.17) is 4.98 Å². The van der Waals surface area contributed by atoms with Crippen molar-refractivity contribution in [3.05, 3.63) is 59.9 Å². The number of amides is 2. The number of carbonyl (C=O) groups excluding carboxylic acids is 2. The van der Waals surface area contributed by atoms with Crippen molar-refractivity contribution in [2.45, 2.75) is 32.2 Å². The zero-order chi connectivity index (χ0) is 22.9. The second-order valence-corrected chi connectivity index (χ2v) is 8.32. The third-order valence-corrected chi connectivity index (χ3v) is 6.05. The van der Waals surface area contributed by atoms with E-state index < -0.39 is 0 Å². The Morgan fingerprint density at radius 2 is 1.82 bits per heavy atom. The third kappa shape index (κ3) is 3.86. The van der Waals surface area contributed by atoms with Crippen LogP contribution in [0.15, 0.2) is 48.8 Å². The number of aryl methyl sites for hydroxylation is 1. The number of hydrogen-bond donors (Lipinski definition) is 2. The van der Waals surface area contributed by atoms with Crippen LogP contribution in [0.2, 0.25) is 0 Å². The van der Waals surface area contributed by atoms with E-state index in [2.05, 4.69) is 32.2 Å². The summed E-state index contributed by atoms with van der Waals surface area (Å²) < 4.78 is 3.82. The number of nitrogens with one attached hydrogen (secondary N) is 2. The Kier molecular flexibility index (Phi) is 5.37. The number of aromatic nitrogens is 5. The quantitative estimate of drug-likeness (QED) is 0.468. The molecule has 0 saturated heterocycles. The summed E-state index contributed by atoms with van der Waals surface area (Å²) in [4.78, 5) is 34.8. The number of hydrogen-bond acceptors (Lipinski definition) is 5. The van der Waals surface area contributed by atoms with Gasteiger partial charge in [-0.15, -0.1) is 0 Å². The molecule has 2 bridgehead atoms. The molecule has 33 heavy (non-hydrogen) atoms. The zero-order valence-electron chi connectivity index (χ0n) is 18.6. The van der Waals surface area contributed by atoms with Crippen molar-refractivity contribution >= 4 is 28.8 Å². The number of nitrogens with zero attached hydrogens (tertiary/aromatic N) is 5. The Hall–Kier alpha value is -4.01. The average Bonchev–Trinajstić information content (AvgIpc) is 3.41. The predicted octanol–water partition coefficient (Wildman–Crippen LogP) is 3.56. The van der Waals surface area contributed by atoms with Crippen LogP contribution in [0.5, 0.6) is 0 Å². The SMILES string of the molecule is C[C@H]1CCCCNC(=O)c2cccc(c2)C(=O)Nc2nc3cccc(-c4ncnn4C)c3n21. The molecule has 2 aromatic heterocycles. The summed E-state index contributed by atoms with van der Waals surface area (Å²) in [6.45, 7) is 2.71. The highest BCUT2D eigenvalue weighted by atomic mass is 16.2. The summed E-state index contributed by atoms with van der Waals surface area (Å²) in [5, 5.41) is 10.2. The normalized spacial score (nSPS) is 17.2. The van der Waals surface area contributed by atoms with E-state index in [0.29, 0.717) is 23.6 Å². The molecule has 2 amide bonds. The van der Waals surface area contributed by atoms with Crippen LogP contribution in [-0.4, -0.2) is 42.7 Å². The minimum absolute atomic E-state index is 0.0599. The van der Waals surface area contributed by atoms with Crippen LogP contribution in [0.3, 0.4) is 0 Å². The molecule has 0 radical (unpaired) electrons. The minimum Gasteiger partial charge on any atom is -0.352 e. The number of benzene rings is 2. The summed E-state index contributed by atoms with van der Waals surface area (Å²) in [5.41, 5.74) is 3.45. The van der Waals surface area contributed by atoms with E-state index in [9.17, 15) is 9.59 Å². The summed E-state index contributed by atoms with van der Waals surface area (Å²) >= 11 is 0. The van der Waals surface area contributed by atoms with Crippen molar-refractivity contribution < 1.29 is 9.59 Å². The summed E-state index contributed by atoms with van der Waals surface area (Å²) in [6.07, 6.45) is 4.17. The molecule has 2 aromatic carbocycles. The lowest BCUT2D eigenvalue weighted by molar-refractivity contribution is 0.0953. The van der Waals surface area contributed by atoms with Gasteiger partial charge in [-0.25, -0.2) is 14.6 Å². The van der Waals surface area contributed by atoms with Crippen molar-refractivity contribution in [2.75, 3.05) is 11.9 Å². The van der Waals surface area contributed by atoms with Crippen LogP contribution in [0.1, 0.15) is 52.9 Å². The molecule has 5 rings (SSSR count). The van der Waals surface area contributed by atoms with Crippen LogP contribution >= 0.6 is 0 Å². The van der Waals surface area contributed by atoms with Crippen molar-refractivity contribution in [3.63, 3.8) is 0 Å². The first-order chi connectivity index (χ1) is 16.0. The summed E-state index contributed by atoms with van der Waals surface area (Å²) in [5.74, 6) is 0.724. The van der Waals surface area contributed by atoms with E-state index in [0.717, 1.165) is 41.7 Å². The molecule has 9 heteroatoms. The molecular weight excluding hydrogens is 418 g/mol. The van der Waals surface area contributed by atoms with E-state index >= 15 is 0 Å². The van der Waals surface area contributed by atoms with Crippen molar-refractivity contribution in [3.8, 4) is 11.4 Å². The maximum Gasteiger partial charge on any atom is 0.257 e. The molecular formula is C24H25N7O2. The molecule has 168 valence electrons. The van der Waals surface area contributed by atoms with Crippen molar-refractivity contribution in [1.29, 1.82) is 0 Å². The Labute approximate surface area is 190 Å². The largest absolute Gasteiger partial charge is 0.352 e. The van der Waals surface area contributed by atoms with Gasteiger partial charge in [0.25, 0.3) is 11.8 Å². The third-order valence-electron chi connectivity index (χ3n) is 6.05. The number of anilines is 1. The highest BCUT2D eigenvalue weighted by Crippen LogP contribution is 2.34. The summed E-state index contributed by atoms with van der Waals surface area (Å²) in [6, 6.07) is 12.7. The van der Waals surface area contributed by atoms with Gasteiger partial charge in [0.1, 0.15) is 6.33 Å². The number of carbonyl (C=O) groups is 2. The van der Waals surface area contributed by atoms with E-state index in [1.165, 1.54) is 6.33 Å². The van der Waals surface area contributed by atoms with Gasteiger partial charge in [-0.2, -0.15) is 5.10 Å². The standard InChI is InChI=1S/C24H25N7O2/c1-15-7-3-4-12-25-22(32)16-8-5-9-17(13-16)23(33)29-24-28-19-11-6-10-18(20(19)31(15)24)21-26-14-27-30(21)2/h5-6,8-11,13-15H,3-4,7,12H2,1-2H3,(H,25,32)(H,28,29,33)/t15-/m0/s1. The second kappa shape index (κ2) is 8.50. The fourth-order valence-corrected chi connectivity index (χ4v) is 4.36. The topological polar surface area (TPSA) is 107 Å². The van der Waals surface area contributed by atoms with Gasteiger partial charge in [0.2, 0.25) is 5.95 Å². The van der Waals surface area contributed by atoms with Crippen LogP contribution in [0.25, 0.3) is 22.4 Å². The number of fused-ring (bicyclic) bond motifs is 5. The maximum atomic E-state index is 13.1. The smallest absolute Gasteiger partial charge is 0.257 e. The Bertz CT molecular complexity index is 1350. The maximum absolute atomic E-state index is 13.1. The molecule has 1 aliphatic heterocycles. The highest BCUT2D eigenvalue weighted by molar-refractivity contribution is 6.06. The zero-order valence-corrected chi connectivity index (χ0v) is 18.6. The van der Waals surface area contributed by atoms with Gasteiger partial charge in [0.15, 0.2) is 5.82 Å². The molecule has 2 N–H and O–H groups in total. The monoisotopic (exact) mass is 443 g/mol. The molecule has 0 saturated carbocycles. The fraction of sp³-hybridized carbons (Fsp3) is 0.292. The van der Waals surface area contributed by atoms with Crippen LogP contribution in [-0.2, 0) is 7.05 Å². The van der Waals surface area contributed by atoms with E-state index in [-0.39, 0.29) is 17.9 Å². The lowest BCUT2D eigenvalue weighted by atomic mass is 10.1. The molecule has 1 aliphatic rings. The van der Waals surface area contributed by atoms with Crippen LogP contribution in [0, 0.1) is 0 Å². The van der Waals surface area contributed by atoms with Crippen LogP contribution in [0.4, 0.5) is 5.95 Å². The lowest BCUT2D eigenvalue weighted by Gasteiger charge is -2.20. The van der Waals surface area contributed by atoms with Gasteiger partial charge in [-0.05, 0) is 56.5 Å². The fourth-order valence-electron chi connectivity index (χ4n) is 4.36. The first-order valence-electron chi connectivity index (χ1n) is 11.1. The molecule has 0 aliphatic carbocycles. The van der Waals surface area contributed by atoms with E-state index in [1.54, 1.807) is 28.9 Å². The van der Waals surface area contributed by atoms with Crippen molar-refractivity contribution in [1.82, 2.24) is 29.6 Å². The first-order valence-corrected chi connectivity index (χ1v) is 11.1. The molecule has 3 heterocycles. The van der Waals surface area contributed by atoms with Crippen LogP contribution < -0.4 is 10.6 Å². The average molecular weight is 444 g/mol. The van der Waals surface area contributed by atoms with Gasteiger partial charge in [-0.3, -0.25) is 14.9 Å². The first kappa shape index (κ1) is 20.9. The molecule has 0 unspecified atom stereocenters. The second-order valence-electron chi connectivity index (χ2n) is 8.32. The van der Waals surface area contributed by atoms with Gasteiger partial charge >= 0.3 is 0 Å². The molecule has 0 spiro atoms. The highest BCUT2D eigenvalue weighted by Gasteiger charge is 2.23. The number of rotatable bonds is 1. The summed E-state index contributed by atoms with van der Waals surface area (Å²) in [7, 11) is 1.85. The van der Waals surface area contributed by atoms with Gasteiger partial charge < -0.3 is 9.88 Å². The minimum atomic E-state index is -0.314. The van der Waals surface area contributed by atoms with Gasteiger partial charge in [-0.1, -0.05) is 12.1 Å². The van der Waals surface area contributed by atoms with E-state index in [1.807, 2.05) is 25.2 Å². The lowest BCUT2D eigenvalue weighted by Crippen LogP contribution is -2.25. The molecule has 4 aromatic rings. The molecule has 1 atom stereocenters. The molecule has 0 fully saturated rings.